The zero-order valence-electron chi connectivity index (χ0n) is 9.45. The number of halogens is 5. The standard InChI is InChI=1S/C11H5F5N2O2/c12-5-1-7(14)8(2-6(5)13)18-9(10(15)16)4(3-17-18)11(19)20/h1-3,10H,(H,19,20). The van der Waals surface area contributed by atoms with Crippen molar-refractivity contribution < 1.29 is 31.9 Å². The van der Waals surface area contributed by atoms with Crippen LogP contribution in [0.25, 0.3) is 5.69 Å². The highest BCUT2D eigenvalue weighted by Crippen LogP contribution is 2.27. The highest BCUT2D eigenvalue weighted by Gasteiger charge is 2.26. The van der Waals surface area contributed by atoms with Crippen LogP contribution in [0.2, 0.25) is 0 Å². The summed E-state index contributed by atoms with van der Waals surface area (Å²) < 4.78 is 65.3. The van der Waals surface area contributed by atoms with Crippen molar-refractivity contribution >= 4 is 5.97 Å². The minimum atomic E-state index is -3.30. The molecule has 9 heteroatoms. The smallest absolute Gasteiger partial charge is 0.339 e. The minimum absolute atomic E-state index is 0.155. The SMILES string of the molecule is O=C(O)c1cnn(-c2cc(F)c(F)cc2F)c1C(F)F. The third-order valence-electron chi connectivity index (χ3n) is 2.46. The van der Waals surface area contributed by atoms with E-state index >= 15 is 0 Å². The van der Waals surface area contributed by atoms with Crippen LogP contribution in [0.15, 0.2) is 18.3 Å². The van der Waals surface area contributed by atoms with Crippen molar-refractivity contribution in [3.8, 4) is 5.69 Å². The molecule has 0 amide bonds. The van der Waals surface area contributed by atoms with Crippen LogP contribution in [-0.4, -0.2) is 20.9 Å². The summed E-state index contributed by atoms with van der Waals surface area (Å²) >= 11 is 0. The van der Waals surface area contributed by atoms with Crippen LogP contribution in [0, 0.1) is 17.5 Å². The van der Waals surface area contributed by atoms with Crippen molar-refractivity contribution in [2.24, 2.45) is 0 Å². The van der Waals surface area contributed by atoms with E-state index in [4.69, 9.17) is 5.11 Å². The van der Waals surface area contributed by atoms with Crippen molar-refractivity contribution in [3.63, 3.8) is 0 Å². The molecule has 0 spiro atoms. The number of hydrogen-bond acceptors (Lipinski definition) is 2. The van der Waals surface area contributed by atoms with E-state index in [0.717, 1.165) is 0 Å². The molecular formula is C11H5F5N2O2. The lowest BCUT2D eigenvalue weighted by atomic mass is 10.2. The first-order chi connectivity index (χ1) is 9.32. The Morgan fingerprint density at radius 3 is 2.30 bits per heavy atom. The molecule has 1 heterocycles. The van der Waals surface area contributed by atoms with E-state index in [1.54, 1.807) is 0 Å². The monoisotopic (exact) mass is 292 g/mol. The lowest BCUT2D eigenvalue weighted by molar-refractivity contribution is 0.0683. The number of benzene rings is 1. The Hall–Kier alpha value is -2.45. The average molecular weight is 292 g/mol. The van der Waals surface area contributed by atoms with Crippen LogP contribution in [0.5, 0.6) is 0 Å². The van der Waals surface area contributed by atoms with E-state index in [0.29, 0.717) is 12.3 Å². The predicted octanol–water partition coefficient (Wildman–Crippen LogP) is 2.93. The molecule has 0 saturated heterocycles. The maximum Gasteiger partial charge on any atom is 0.339 e. The fraction of sp³-hybridized carbons (Fsp3) is 0.0909. The lowest BCUT2D eigenvalue weighted by Gasteiger charge is -2.09. The molecular weight excluding hydrogens is 287 g/mol. The normalized spacial score (nSPS) is 11.1. The van der Waals surface area contributed by atoms with Gasteiger partial charge in [-0.1, -0.05) is 0 Å². The second-order valence-electron chi connectivity index (χ2n) is 3.68. The molecule has 0 atom stereocenters. The number of rotatable bonds is 3. The molecule has 2 aromatic rings. The van der Waals surface area contributed by atoms with Gasteiger partial charge in [-0.2, -0.15) is 5.10 Å². The molecule has 0 fully saturated rings. The lowest BCUT2D eigenvalue weighted by Crippen LogP contribution is -2.09. The highest BCUT2D eigenvalue weighted by molar-refractivity contribution is 5.88. The van der Waals surface area contributed by atoms with Crippen LogP contribution >= 0.6 is 0 Å². The predicted molar refractivity (Wildman–Crippen MR) is 55.4 cm³/mol. The van der Waals surface area contributed by atoms with Gasteiger partial charge < -0.3 is 5.11 Å². The molecule has 106 valence electrons. The largest absolute Gasteiger partial charge is 0.478 e. The third-order valence-corrected chi connectivity index (χ3v) is 2.46. The van der Waals surface area contributed by atoms with E-state index in [2.05, 4.69) is 5.10 Å². The minimum Gasteiger partial charge on any atom is -0.478 e. The van der Waals surface area contributed by atoms with Crippen LogP contribution in [-0.2, 0) is 0 Å². The Bertz CT molecular complexity index is 684. The number of hydrogen-bond donors (Lipinski definition) is 1. The fourth-order valence-corrected chi connectivity index (χ4v) is 1.60. The van der Waals surface area contributed by atoms with E-state index in [9.17, 15) is 26.7 Å². The van der Waals surface area contributed by atoms with Gasteiger partial charge in [0.15, 0.2) is 17.5 Å². The van der Waals surface area contributed by atoms with Gasteiger partial charge in [0.25, 0.3) is 6.43 Å². The van der Waals surface area contributed by atoms with Gasteiger partial charge in [-0.05, 0) is 0 Å². The molecule has 0 radical (unpaired) electrons. The zero-order valence-corrected chi connectivity index (χ0v) is 9.45. The molecule has 0 unspecified atom stereocenters. The fourth-order valence-electron chi connectivity index (χ4n) is 1.60. The first-order valence-corrected chi connectivity index (χ1v) is 5.07. The molecule has 1 N–H and O–H groups in total. The summed E-state index contributed by atoms with van der Waals surface area (Å²) in [6.45, 7) is 0. The van der Waals surface area contributed by atoms with E-state index in [1.165, 1.54) is 0 Å². The number of carboxylic acids is 1. The number of carbonyl (C=O) groups is 1. The van der Waals surface area contributed by atoms with Gasteiger partial charge in [-0.15, -0.1) is 0 Å². The maximum atomic E-state index is 13.5. The summed E-state index contributed by atoms with van der Waals surface area (Å²) in [6.07, 6.45) is -2.72. The number of alkyl halides is 2. The Labute approximate surface area is 108 Å². The Balaban J connectivity index is 2.70. The summed E-state index contributed by atoms with van der Waals surface area (Å²) in [5, 5.41) is 12.0. The van der Waals surface area contributed by atoms with Crippen molar-refractivity contribution in [3.05, 3.63) is 47.0 Å². The molecule has 0 aliphatic carbocycles. The first-order valence-electron chi connectivity index (χ1n) is 5.07. The topological polar surface area (TPSA) is 55.1 Å². The van der Waals surface area contributed by atoms with Gasteiger partial charge >= 0.3 is 5.97 Å². The quantitative estimate of drug-likeness (QED) is 0.699. The maximum absolute atomic E-state index is 13.5. The second kappa shape index (κ2) is 4.91. The van der Waals surface area contributed by atoms with Crippen molar-refractivity contribution in [2.45, 2.75) is 6.43 Å². The molecule has 1 aromatic carbocycles. The molecule has 2 rings (SSSR count). The van der Waals surface area contributed by atoms with Gasteiger partial charge in [0.1, 0.15) is 16.9 Å². The van der Waals surface area contributed by atoms with Gasteiger partial charge in [0.05, 0.1) is 6.20 Å². The van der Waals surface area contributed by atoms with Crippen molar-refractivity contribution in [2.75, 3.05) is 0 Å². The number of aromatic carboxylic acids is 1. The molecule has 1 aromatic heterocycles. The van der Waals surface area contributed by atoms with E-state index < -0.39 is 46.8 Å². The molecule has 4 nitrogen and oxygen atoms in total. The second-order valence-corrected chi connectivity index (χ2v) is 3.68. The Morgan fingerprint density at radius 2 is 1.75 bits per heavy atom. The number of aromatic nitrogens is 2. The molecule has 0 aliphatic rings. The number of carboxylic acid groups (broad SMARTS) is 1. The zero-order chi connectivity index (χ0) is 15.0. The molecule has 0 saturated carbocycles. The van der Waals surface area contributed by atoms with Gasteiger partial charge in [0.2, 0.25) is 0 Å². The molecule has 0 aliphatic heterocycles. The Morgan fingerprint density at radius 1 is 1.15 bits per heavy atom. The van der Waals surface area contributed by atoms with Gasteiger partial charge in [0, 0.05) is 12.1 Å². The van der Waals surface area contributed by atoms with E-state index in [-0.39, 0.29) is 10.7 Å². The summed E-state index contributed by atoms with van der Waals surface area (Å²) in [5.74, 6) is -6.04. The Kier molecular flexibility index (Phi) is 3.43. The summed E-state index contributed by atoms with van der Waals surface area (Å²) in [5.41, 5.74) is -2.79. The van der Waals surface area contributed by atoms with Crippen LogP contribution in [0.3, 0.4) is 0 Å². The summed E-state index contributed by atoms with van der Waals surface area (Å²) in [7, 11) is 0. The van der Waals surface area contributed by atoms with E-state index in [1.807, 2.05) is 0 Å². The molecule has 20 heavy (non-hydrogen) atoms. The molecule has 0 bridgehead atoms. The van der Waals surface area contributed by atoms with Crippen molar-refractivity contribution in [1.29, 1.82) is 0 Å². The van der Waals surface area contributed by atoms with Crippen molar-refractivity contribution in [1.82, 2.24) is 9.78 Å². The summed E-state index contributed by atoms with van der Waals surface area (Å²) in [4.78, 5) is 10.8. The van der Waals surface area contributed by atoms with Crippen LogP contribution < -0.4 is 0 Å². The van der Waals surface area contributed by atoms with Crippen LogP contribution in [0.1, 0.15) is 22.5 Å². The number of nitrogens with zero attached hydrogens (tertiary/aromatic N) is 2. The third kappa shape index (κ3) is 2.22. The summed E-state index contributed by atoms with van der Waals surface area (Å²) in [6, 6.07) is 0.469. The van der Waals surface area contributed by atoms with Crippen LogP contribution in [0.4, 0.5) is 22.0 Å². The van der Waals surface area contributed by atoms with Gasteiger partial charge in [-0.3, -0.25) is 0 Å². The average Bonchev–Trinajstić information content (AvgIpc) is 2.78. The van der Waals surface area contributed by atoms with Gasteiger partial charge in [-0.25, -0.2) is 31.4 Å². The highest BCUT2D eigenvalue weighted by atomic mass is 19.3. The first kappa shape index (κ1) is 14.0.